The van der Waals surface area contributed by atoms with Gasteiger partial charge in [0.2, 0.25) is 0 Å². The molecule has 4 N–H and O–H groups in total. The predicted molar refractivity (Wildman–Crippen MR) is 155 cm³/mol. The first-order chi connectivity index (χ1) is 19.4. The molecule has 2 rings (SSSR count). The molecule has 2 fully saturated rings. The zero-order valence-corrected chi connectivity index (χ0v) is 27.1. The molecule has 2 heterocycles. The maximum atomic E-state index is 13.9. The maximum absolute atomic E-state index is 13.9. The Bertz CT molecular complexity index is 958. The zero-order chi connectivity index (χ0) is 32.3. The molecule has 2 aliphatic heterocycles. The van der Waals surface area contributed by atoms with Gasteiger partial charge in [-0.05, 0) is 61.1 Å². The molecule has 12 nitrogen and oxygen atoms in total. The summed E-state index contributed by atoms with van der Waals surface area (Å²) in [5, 5.41) is 47.4. The molecule has 0 aromatic rings. The molecule has 0 aromatic carbocycles. The van der Waals surface area contributed by atoms with Gasteiger partial charge >= 0.3 is 5.97 Å². The van der Waals surface area contributed by atoms with Gasteiger partial charge in [-0.15, -0.1) is 0 Å². The number of ketones is 1. The molecule has 0 aromatic heterocycles. The Hall–Kier alpha value is -1.67. The van der Waals surface area contributed by atoms with Crippen LogP contribution in [0.25, 0.3) is 0 Å². The van der Waals surface area contributed by atoms with E-state index in [9.17, 15) is 30.1 Å². The number of aliphatic hydroxyl groups is 3. The summed E-state index contributed by atoms with van der Waals surface area (Å²) in [5.41, 5.74) is -2.96. The third kappa shape index (κ3) is 7.51. The van der Waals surface area contributed by atoms with E-state index in [2.05, 4.69) is 5.16 Å². The molecule has 12 heteroatoms. The molecule has 0 saturated carbocycles. The van der Waals surface area contributed by atoms with Crippen LogP contribution in [0.4, 0.5) is 0 Å². The minimum absolute atomic E-state index is 0.162. The van der Waals surface area contributed by atoms with Crippen molar-refractivity contribution in [3.05, 3.63) is 0 Å². The highest BCUT2D eigenvalue weighted by Crippen LogP contribution is 2.38. The number of Topliss-reactive ketones (excluding diaryl/α,β-unsaturated/α-hetero) is 1. The fraction of sp³-hybridized carbons (Fsp3) is 0.900. The summed E-state index contributed by atoms with van der Waals surface area (Å²) in [6.45, 7) is 13.1. The second-order valence-corrected chi connectivity index (χ2v) is 13.0. The number of oxime groups is 1. The molecule has 2 saturated heterocycles. The largest absolute Gasteiger partial charge is 0.459 e. The van der Waals surface area contributed by atoms with Gasteiger partial charge in [0.25, 0.3) is 0 Å². The molecule has 0 aliphatic carbocycles. The van der Waals surface area contributed by atoms with Gasteiger partial charge in [0.15, 0.2) is 12.1 Å². The Labute approximate surface area is 250 Å². The number of rotatable bonds is 5. The number of likely N-dealkylation sites (N-methyl/N-ethyl adjacent to an activating group) is 1. The van der Waals surface area contributed by atoms with Crippen molar-refractivity contribution in [3.8, 4) is 0 Å². The summed E-state index contributed by atoms with van der Waals surface area (Å²) in [7, 11) is 5.18. The summed E-state index contributed by atoms with van der Waals surface area (Å²) in [6.07, 6.45) is -5.12. The highest BCUT2D eigenvalue weighted by molar-refractivity contribution is 6.00. The number of carbonyl (C=O) groups excluding carboxylic acids is 2. The lowest BCUT2D eigenvalue weighted by molar-refractivity contribution is -0.295. The average molecular weight is 603 g/mol. The molecular weight excluding hydrogens is 548 g/mol. The summed E-state index contributed by atoms with van der Waals surface area (Å²) >= 11 is 0. The van der Waals surface area contributed by atoms with E-state index in [1.165, 1.54) is 21.0 Å². The number of ether oxygens (including phenoxy) is 4. The van der Waals surface area contributed by atoms with Crippen molar-refractivity contribution in [1.29, 1.82) is 0 Å². The second kappa shape index (κ2) is 14.4. The monoisotopic (exact) mass is 602 g/mol. The Morgan fingerprint density at radius 1 is 1.07 bits per heavy atom. The highest BCUT2D eigenvalue weighted by Gasteiger charge is 2.51. The van der Waals surface area contributed by atoms with Crippen LogP contribution in [-0.4, -0.2) is 118 Å². The van der Waals surface area contributed by atoms with E-state index in [1.807, 2.05) is 25.9 Å². The number of aliphatic hydroxyl groups excluding tert-OH is 2. The van der Waals surface area contributed by atoms with E-state index < -0.39 is 77.3 Å². The summed E-state index contributed by atoms with van der Waals surface area (Å²) < 4.78 is 24.2. The van der Waals surface area contributed by atoms with Gasteiger partial charge in [-0.3, -0.25) is 9.59 Å². The van der Waals surface area contributed by atoms with Crippen molar-refractivity contribution < 1.29 is 49.1 Å². The standard InChI is InChI=1S/C30H54N2O10/c1-12-21-30(8,37)25(35)17(4)22(31-38)15(2)14-29(7,39-11)26(18(5)23(33)19(6)27(36)41-21)42-28-24(34)20(32(9)10)13-16(3)40-28/h15-21,24-26,28,34-35,37-38H,12-14H2,1-11H3/b31-22-/t15-,16-,17+,18+,19-,20+,21-,24-,25-,26-,28+,29-,30-/m1/s1. The lowest BCUT2D eigenvalue weighted by Crippen LogP contribution is -2.60. The molecular formula is C30H54N2O10. The van der Waals surface area contributed by atoms with Crippen molar-refractivity contribution in [2.45, 2.75) is 129 Å². The third-order valence-corrected chi connectivity index (χ3v) is 9.46. The lowest BCUT2D eigenvalue weighted by atomic mass is 9.74. The molecule has 2 aliphatic rings. The highest BCUT2D eigenvalue weighted by atomic mass is 16.7. The van der Waals surface area contributed by atoms with Crippen molar-refractivity contribution in [2.75, 3.05) is 21.2 Å². The summed E-state index contributed by atoms with van der Waals surface area (Å²) in [5.74, 6) is -4.88. The summed E-state index contributed by atoms with van der Waals surface area (Å²) in [6, 6.07) is -0.265. The Morgan fingerprint density at radius 3 is 2.17 bits per heavy atom. The molecule has 13 atom stereocenters. The van der Waals surface area contributed by atoms with Gasteiger partial charge < -0.3 is 44.4 Å². The summed E-state index contributed by atoms with van der Waals surface area (Å²) in [4.78, 5) is 29.0. The van der Waals surface area contributed by atoms with Gasteiger partial charge in [0.1, 0.15) is 23.7 Å². The fourth-order valence-electron chi connectivity index (χ4n) is 6.63. The fourth-order valence-corrected chi connectivity index (χ4v) is 6.63. The molecule has 42 heavy (non-hydrogen) atoms. The van der Waals surface area contributed by atoms with Crippen molar-refractivity contribution >= 4 is 17.5 Å². The van der Waals surface area contributed by atoms with Gasteiger partial charge in [-0.1, -0.05) is 32.9 Å². The van der Waals surface area contributed by atoms with Crippen molar-refractivity contribution in [2.24, 2.45) is 28.8 Å². The molecule has 0 radical (unpaired) electrons. The Morgan fingerprint density at radius 2 is 1.67 bits per heavy atom. The quantitative estimate of drug-likeness (QED) is 0.157. The van der Waals surface area contributed by atoms with Crippen LogP contribution in [0.1, 0.15) is 74.7 Å². The number of hydrogen-bond acceptors (Lipinski definition) is 12. The first-order valence-electron chi connectivity index (χ1n) is 14.9. The van der Waals surface area contributed by atoms with Crippen LogP contribution in [0.3, 0.4) is 0 Å². The van der Waals surface area contributed by atoms with E-state index in [0.717, 1.165) is 0 Å². The van der Waals surface area contributed by atoms with Crippen LogP contribution in [0, 0.1) is 23.7 Å². The van der Waals surface area contributed by atoms with Crippen LogP contribution in [0.15, 0.2) is 5.16 Å². The van der Waals surface area contributed by atoms with E-state index in [4.69, 9.17) is 18.9 Å². The number of hydrogen-bond donors (Lipinski definition) is 4. The van der Waals surface area contributed by atoms with Crippen molar-refractivity contribution in [1.82, 2.24) is 4.90 Å². The Kier molecular flexibility index (Phi) is 12.5. The van der Waals surface area contributed by atoms with Crippen LogP contribution in [0.2, 0.25) is 0 Å². The van der Waals surface area contributed by atoms with E-state index >= 15 is 0 Å². The normalized spacial score (nSPS) is 46.0. The molecule has 0 amide bonds. The smallest absolute Gasteiger partial charge is 0.316 e. The van der Waals surface area contributed by atoms with Crippen LogP contribution in [-0.2, 0) is 28.5 Å². The lowest BCUT2D eigenvalue weighted by Gasteiger charge is -2.47. The topological polar surface area (TPSA) is 168 Å². The molecule has 0 unspecified atom stereocenters. The first-order valence-corrected chi connectivity index (χ1v) is 14.9. The number of esters is 1. The SMILES string of the molecule is CC[C@H]1OC(=O)[C@H](C)C(=O)[C@H](C)[C@@H](O[C@@H]2O[C@H](C)C[C@H](N(C)C)[C@H]2O)[C@](C)(OC)C[C@@H](C)/C(=N/O)[C@H](C)[C@@H](O)[C@]1(C)O. The third-order valence-electron chi connectivity index (χ3n) is 9.46. The van der Waals surface area contributed by atoms with Crippen LogP contribution < -0.4 is 0 Å². The van der Waals surface area contributed by atoms with Gasteiger partial charge in [-0.2, -0.15) is 0 Å². The maximum Gasteiger partial charge on any atom is 0.316 e. The first kappa shape index (κ1) is 36.5. The molecule has 0 bridgehead atoms. The van der Waals surface area contributed by atoms with Gasteiger partial charge in [0.05, 0.1) is 29.6 Å². The van der Waals surface area contributed by atoms with Gasteiger partial charge in [0, 0.05) is 30.9 Å². The van der Waals surface area contributed by atoms with Gasteiger partial charge in [-0.25, -0.2) is 0 Å². The minimum Gasteiger partial charge on any atom is -0.459 e. The van der Waals surface area contributed by atoms with E-state index in [0.29, 0.717) is 6.42 Å². The number of carbonyl (C=O) groups is 2. The zero-order valence-electron chi connectivity index (χ0n) is 27.1. The number of methoxy groups -OCH3 is 1. The van der Waals surface area contributed by atoms with Crippen molar-refractivity contribution in [3.63, 3.8) is 0 Å². The second-order valence-electron chi connectivity index (χ2n) is 13.0. The average Bonchev–Trinajstić information content (AvgIpc) is 2.93. The van der Waals surface area contributed by atoms with Crippen LogP contribution >= 0.6 is 0 Å². The number of nitrogens with zero attached hydrogens (tertiary/aromatic N) is 2. The van der Waals surface area contributed by atoms with E-state index in [-0.39, 0.29) is 30.7 Å². The number of cyclic esters (lactones) is 1. The predicted octanol–water partition coefficient (Wildman–Crippen LogP) is 1.98. The minimum atomic E-state index is -1.91. The molecule has 244 valence electrons. The molecule has 0 spiro atoms. The van der Waals surface area contributed by atoms with Crippen LogP contribution in [0.5, 0.6) is 0 Å². The van der Waals surface area contributed by atoms with E-state index in [1.54, 1.807) is 34.6 Å². The Balaban J connectivity index is 2.66.